The van der Waals surface area contributed by atoms with Gasteiger partial charge in [0.2, 0.25) is 0 Å². The molecular weight excluding hydrogens is 270 g/mol. The summed E-state index contributed by atoms with van der Waals surface area (Å²) >= 11 is 0. The first-order chi connectivity index (χ1) is 9.27. The van der Waals surface area contributed by atoms with Gasteiger partial charge in [0, 0.05) is 19.2 Å². The highest BCUT2D eigenvalue weighted by Crippen LogP contribution is 2.20. The third kappa shape index (κ3) is 3.43. The molecule has 0 bridgehead atoms. The number of hydrogen-bond donors (Lipinski definition) is 2. The minimum atomic E-state index is -1.53. The van der Waals surface area contributed by atoms with Crippen LogP contribution in [0.25, 0.3) is 0 Å². The van der Waals surface area contributed by atoms with Crippen LogP contribution in [0.3, 0.4) is 0 Å². The molecule has 5 nitrogen and oxygen atoms in total. The summed E-state index contributed by atoms with van der Waals surface area (Å²) < 4.78 is 26.8. The van der Waals surface area contributed by atoms with Crippen molar-refractivity contribution >= 4 is 17.7 Å². The molecule has 1 aromatic rings. The molecule has 0 spiro atoms. The Kier molecular flexibility index (Phi) is 5.01. The normalized spacial score (nSPS) is 11.8. The summed E-state index contributed by atoms with van der Waals surface area (Å²) in [7, 11) is 1.53. The van der Waals surface area contributed by atoms with Gasteiger partial charge in [-0.15, -0.1) is 0 Å². The van der Waals surface area contributed by atoms with Crippen LogP contribution < -0.4 is 5.32 Å². The van der Waals surface area contributed by atoms with Crippen LogP contribution in [0, 0.1) is 11.6 Å². The lowest BCUT2D eigenvalue weighted by atomic mass is 10.2. The molecule has 110 valence electrons. The van der Waals surface area contributed by atoms with Crippen LogP contribution >= 0.6 is 0 Å². The zero-order valence-corrected chi connectivity index (χ0v) is 11.4. The molecule has 1 aromatic carbocycles. The average molecular weight is 286 g/mol. The van der Waals surface area contributed by atoms with Crippen molar-refractivity contribution in [2.45, 2.75) is 26.3 Å². The molecule has 0 saturated heterocycles. The van der Waals surface area contributed by atoms with Crippen LogP contribution in [-0.4, -0.2) is 35.1 Å². The number of carboxylic acid groups (broad SMARTS) is 1. The highest BCUT2D eigenvalue weighted by Gasteiger charge is 2.19. The van der Waals surface area contributed by atoms with Crippen LogP contribution in [0.2, 0.25) is 0 Å². The number of benzene rings is 1. The van der Waals surface area contributed by atoms with E-state index in [2.05, 4.69) is 5.32 Å². The first-order valence-electron chi connectivity index (χ1n) is 6.04. The van der Waals surface area contributed by atoms with Crippen molar-refractivity contribution in [1.82, 2.24) is 4.90 Å². The van der Waals surface area contributed by atoms with E-state index < -0.39 is 29.2 Å². The number of urea groups is 1. The first-order valence-corrected chi connectivity index (χ1v) is 6.04. The fraction of sp³-hybridized carbons (Fsp3) is 0.385. The lowest BCUT2D eigenvalue weighted by molar-refractivity contribution is 0.0691. The SMILES string of the molecule is CCC(C)N(C)C(=O)Nc1cc(C(=O)O)c(F)cc1F. The third-order valence-corrected chi connectivity index (χ3v) is 3.10. The Morgan fingerprint density at radius 1 is 1.35 bits per heavy atom. The molecule has 0 heterocycles. The highest BCUT2D eigenvalue weighted by atomic mass is 19.1. The van der Waals surface area contributed by atoms with Crippen molar-refractivity contribution in [3.63, 3.8) is 0 Å². The van der Waals surface area contributed by atoms with Crippen LogP contribution in [0.15, 0.2) is 12.1 Å². The summed E-state index contributed by atoms with van der Waals surface area (Å²) in [4.78, 5) is 24.0. The van der Waals surface area contributed by atoms with Crippen LogP contribution in [0.5, 0.6) is 0 Å². The molecule has 0 aliphatic rings. The van der Waals surface area contributed by atoms with E-state index in [0.717, 1.165) is 6.07 Å². The predicted molar refractivity (Wildman–Crippen MR) is 69.9 cm³/mol. The highest BCUT2D eigenvalue weighted by molar-refractivity contribution is 5.93. The summed E-state index contributed by atoms with van der Waals surface area (Å²) in [5, 5.41) is 11.0. The quantitative estimate of drug-likeness (QED) is 0.894. The van der Waals surface area contributed by atoms with Crippen molar-refractivity contribution in [3.8, 4) is 0 Å². The number of anilines is 1. The number of aromatic carboxylic acids is 1. The van der Waals surface area contributed by atoms with Crippen molar-refractivity contribution in [3.05, 3.63) is 29.3 Å². The van der Waals surface area contributed by atoms with E-state index in [1.165, 1.54) is 11.9 Å². The number of amides is 2. The van der Waals surface area contributed by atoms with E-state index in [1.807, 2.05) is 13.8 Å². The maximum absolute atomic E-state index is 13.5. The van der Waals surface area contributed by atoms with Crippen LogP contribution in [-0.2, 0) is 0 Å². The van der Waals surface area contributed by atoms with Gasteiger partial charge in [-0.1, -0.05) is 6.92 Å². The van der Waals surface area contributed by atoms with Gasteiger partial charge in [0.15, 0.2) is 0 Å². The molecule has 0 aliphatic heterocycles. The van der Waals surface area contributed by atoms with E-state index in [0.29, 0.717) is 12.5 Å². The van der Waals surface area contributed by atoms with E-state index >= 15 is 0 Å². The molecular formula is C13H16F2N2O3. The smallest absolute Gasteiger partial charge is 0.338 e. The largest absolute Gasteiger partial charge is 0.478 e. The summed E-state index contributed by atoms with van der Waals surface area (Å²) in [6, 6.07) is 0.524. The number of hydrogen-bond acceptors (Lipinski definition) is 2. The van der Waals surface area contributed by atoms with E-state index in [-0.39, 0.29) is 11.7 Å². The molecule has 1 unspecified atom stereocenters. The van der Waals surface area contributed by atoms with Gasteiger partial charge in [0.05, 0.1) is 11.3 Å². The standard InChI is InChI=1S/C13H16F2N2O3/c1-4-7(2)17(3)13(20)16-11-5-8(12(18)19)9(14)6-10(11)15/h5-7H,4H2,1-3H3,(H,16,20)(H,18,19). The molecule has 0 aliphatic carbocycles. The zero-order chi connectivity index (χ0) is 15.4. The van der Waals surface area contributed by atoms with E-state index in [1.54, 1.807) is 0 Å². The van der Waals surface area contributed by atoms with Crippen LogP contribution in [0.4, 0.5) is 19.3 Å². The summed E-state index contributed by atoms with van der Waals surface area (Å²) in [6.07, 6.45) is 0.705. The van der Waals surface area contributed by atoms with Gasteiger partial charge in [-0.3, -0.25) is 0 Å². The molecule has 20 heavy (non-hydrogen) atoms. The van der Waals surface area contributed by atoms with Gasteiger partial charge >= 0.3 is 12.0 Å². The lowest BCUT2D eigenvalue weighted by Gasteiger charge is -2.24. The number of carboxylic acids is 1. The number of carbonyl (C=O) groups excluding carboxylic acids is 1. The second kappa shape index (κ2) is 6.31. The Labute approximate surface area is 115 Å². The fourth-order valence-electron chi connectivity index (χ4n) is 1.49. The number of nitrogens with zero attached hydrogens (tertiary/aromatic N) is 1. The maximum Gasteiger partial charge on any atom is 0.338 e. The maximum atomic E-state index is 13.5. The molecule has 1 atom stereocenters. The minimum absolute atomic E-state index is 0.0718. The fourth-order valence-corrected chi connectivity index (χ4v) is 1.49. The Hall–Kier alpha value is -2.18. The Balaban J connectivity index is 3.01. The van der Waals surface area contributed by atoms with Gasteiger partial charge in [-0.05, 0) is 19.4 Å². The topological polar surface area (TPSA) is 69.6 Å². The number of carbonyl (C=O) groups is 2. The van der Waals surface area contributed by atoms with Gasteiger partial charge < -0.3 is 15.3 Å². The number of halogens is 2. The monoisotopic (exact) mass is 286 g/mol. The lowest BCUT2D eigenvalue weighted by Crippen LogP contribution is -2.38. The van der Waals surface area contributed by atoms with Gasteiger partial charge in [0.25, 0.3) is 0 Å². The summed E-state index contributed by atoms with van der Waals surface area (Å²) in [6.45, 7) is 3.69. The molecule has 0 fully saturated rings. The Morgan fingerprint density at radius 2 is 1.95 bits per heavy atom. The second-order valence-electron chi connectivity index (χ2n) is 4.42. The zero-order valence-electron chi connectivity index (χ0n) is 11.4. The molecule has 2 N–H and O–H groups in total. The molecule has 0 saturated carbocycles. The van der Waals surface area contributed by atoms with Crippen molar-refractivity contribution < 1.29 is 23.5 Å². The summed E-state index contributed by atoms with van der Waals surface area (Å²) in [5.41, 5.74) is -1.07. The Morgan fingerprint density at radius 3 is 2.45 bits per heavy atom. The average Bonchev–Trinajstić information content (AvgIpc) is 2.39. The molecule has 0 aromatic heterocycles. The Bertz CT molecular complexity index is 535. The van der Waals surface area contributed by atoms with Gasteiger partial charge in [0.1, 0.15) is 11.6 Å². The van der Waals surface area contributed by atoms with Crippen molar-refractivity contribution in [1.29, 1.82) is 0 Å². The predicted octanol–water partition coefficient (Wildman–Crippen LogP) is 2.93. The molecule has 0 radical (unpaired) electrons. The van der Waals surface area contributed by atoms with E-state index in [9.17, 15) is 18.4 Å². The summed E-state index contributed by atoms with van der Waals surface area (Å²) in [5.74, 6) is -3.75. The van der Waals surface area contributed by atoms with Crippen molar-refractivity contribution in [2.75, 3.05) is 12.4 Å². The molecule has 2 amide bonds. The third-order valence-electron chi connectivity index (χ3n) is 3.10. The number of nitrogens with one attached hydrogen (secondary N) is 1. The van der Waals surface area contributed by atoms with E-state index in [4.69, 9.17) is 5.11 Å². The number of rotatable bonds is 4. The second-order valence-corrected chi connectivity index (χ2v) is 4.42. The first kappa shape index (κ1) is 15.9. The van der Waals surface area contributed by atoms with Crippen molar-refractivity contribution in [2.24, 2.45) is 0 Å². The van der Waals surface area contributed by atoms with Crippen LogP contribution in [0.1, 0.15) is 30.6 Å². The van der Waals surface area contributed by atoms with Gasteiger partial charge in [-0.2, -0.15) is 0 Å². The molecule has 7 heteroatoms. The van der Waals surface area contributed by atoms with Gasteiger partial charge in [-0.25, -0.2) is 18.4 Å². The minimum Gasteiger partial charge on any atom is -0.478 e. The molecule has 1 rings (SSSR count).